The Morgan fingerprint density at radius 2 is 1.90 bits per heavy atom. The van der Waals surface area contributed by atoms with E-state index in [0.29, 0.717) is 0 Å². The number of carbonyl (C=O) groups is 1. The average Bonchev–Trinajstić information content (AvgIpc) is 2.65. The van der Waals surface area contributed by atoms with Crippen LogP contribution in [0.25, 0.3) is 0 Å². The summed E-state index contributed by atoms with van der Waals surface area (Å²) < 4.78 is 0. The van der Waals surface area contributed by atoms with Crippen molar-refractivity contribution in [2.75, 3.05) is 6.54 Å². The lowest BCUT2D eigenvalue weighted by Gasteiger charge is -2.36. The molecule has 4 rings (SSSR count). The standard InChI is InChI=1S/C19H19NO/c1-13-6-7-15-8-9-18-16-5-3-2-4-14(16)10-11-20(18)19(21)17(15)12-13/h2-7,12,18H,8-11H2,1H3. The number of rotatable bonds is 0. The number of nitrogens with zero attached hydrogens (tertiary/aromatic N) is 1. The van der Waals surface area contributed by atoms with Crippen molar-refractivity contribution in [3.8, 4) is 0 Å². The molecule has 0 N–H and O–H groups in total. The van der Waals surface area contributed by atoms with Crippen molar-refractivity contribution in [2.24, 2.45) is 0 Å². The summed E-state index contributed by atoms with van der Waals surface area (Å²) in [4.78, 5) is 15.0. The highest BCUT2D eigenvalue weighted by Gasteiger charge is 2.34. The van der Waals surface area contributed by atoms with Gasteiger partial charge in [-0.05, 0) is 48.9 Å². The van der Waals surface area contributed by atoms with E-state index in [1.165, 1.54) is 16.7 Å². The second kappa shape index (κ2) is 4.73. The summed E-state index contributed by atoms with van der Waals surface area (Å²) in [5.41, 5.74) is 6.04. The highest BCUT2D eigenvalue weighted by molar-refractivity contribution is 5.96. The van der Waals surface area contributed by atoms with Gasteiger partial charge in [-0.3, -0.25) is 4.79 Å². The van der Waals surface area contributed by atoms with Gasteiger partial charge in [-0.25, -0.2) is 0 Å². The summed E-state index contributed by atoms with van der Waals surface area (Å²) in [5, 5.41) is 0. The van der Waals surface area contributed by atoms with Gasteiger partial charge >= 0.3 is 0 Å². The molecule has 2 aliphatic rings. The molecule has 21 heavy (non-hydrogen) atoms. The largest absolute Gasteiger partial charge is 0.331 e. The topological polar surface area (TPSA) is 20.3 Å². The van der Waals surface area contributed by atoms with Crippen LogP contribution in [0.1, 0.15) is 45.1 Å². The fraction of sp³-hybridized carbons (Fsp3) is 0.316. The molecule has 0 saturated carbocycles. The second-order valence-electron chi connectivity index (χ2n) is 6.16. The Hall–Kier alpha value is -2.09. The van der Waals surface area contributed by atoms with Crippen LogP contribution in [0.5, 0.6) is 0 Å². The minimum absolute atomic E-state index is 0.214. The van der Waals surface area contributed by atoms with E-state index in [9.17, 15) is 4.79 Å². The predicted octanol–water partition coefficient (Wildman–Crippen LogP) is 3.68. The van der Waals surface area contributed by atoms with E-state index in [1.807, 2.05) is 0 Å². The van der Waals surface area contributed by atoms with Gasteiger partial charge in [-0.1, -0.05) is 42.0 Å². The smallest absolute Gasteiger partial charge is 0.254 e. The first-order valence-electron chi connectivity index (χ1n) is 7.72. The van der Waals surface area contributed by atoms with E-state index in [-0.39, 0.29) is 11.9 Å². The fourth-order valence-corrected chi connectivity index (χ4v) is 3.76. The molecule has 2 heteroatoms. The summed E-state index contributed by atoms with van der Waals surface area (Å²) >= 11 is 0. The van der Waals surface area contributed by atoms with E-state index in [0.717, 1.165) is 36.9 Å². The lowest BCUT2D eigenvalue weighted by molar-refractivity contribution is 0.0663. The molecule has 0 aliphatic carbocycles. The Morgan fingerprint density at radius 3 is 2.81 bits per heavy atom. The fourth-order valence-electron chi connectivity index (χ4n) is 3.76. The first-order chi connectivity index (χ1) is 10.2. The lowest BCUT2D eigenvalue weighted by Crippen LogP contribution is -2.39. The molecule has 1 unspecified atom stereocenters. The molecule has 0 fully saturated rings. The Kier molecular flexibility index (Phi) is 2.85. The number of fused-ring (bicyclic) bond motifs is 4. The number of hydrogen-bond donors (Lipinski definition) is 0. The summed E-state index contributed by atoms with van der Waals surface area (Å²) in [6, 6.07) is 15.1. The number of amides is 1. The van der Waals surface area contributed by atoms with Gasteiger partial charge in [0, 0.05) is 12.1 Å². The third-order valence-electron chi connectivity index (χ3n) is 4.86. The molecule has 2 aromatic carbocycles. The van der Waals surface area contributed by atoms with Gasteiger partial charge in [-0.2, -0.15) is 0 Å². The van der Waals surface area contributed by atoms with Gasteiger partial charge in [0.1, 0.15) is 0 Å². The molecule has 0 radical (unpaired) electrons. The highest BCUT2D eigenvalue weighted by atomic mass is 16.2. The van der Waals surface area contributed by atoms with E-state index in [1.54, 1.807) is 0 Å². The maximum atomic E-state index is 13.0. The second-order valence-corrected chi connectivity index (χ2v) is 6.16. The van der Waals surface area contributed by atoms with Gasteiger partial charge in [0.2, 0.25) is 0 Å². The minimum atomic E-state index is 0.214. The van der Waals surface area contributed by atoms with Crippen LogP contribution in [-0.4, -0.2) is 17.4 Å². The minimum Gasteiger partial charge on any atom is -0.331 e. The maximum absolute atomic E-state index is 13.0. The first kappa shape index (κ1) is 12.6. The Labute approximate surface area is 125 Å². The normalized spacial score (nSPS) is 20.3. The van der Waals surface area contributed by atoms with Crippen molar-refractivity contribution in [1.29, 1.82) is 0 Å². The Balaban J connectivity index is 1.81. The molecule has 1 atom stereocenters. The van der Waals surface area contributed by atoms with Crippen molar-refractivity contribution >= 4 is 5.91 Å². The first-order valence-corrected chi connectivity index (χ1v) is 7.72. The molecule has 0 saturated heterocycles. The summed E-state index contributed by atoms with van der Waals surface area (Å²) in [5.74, 6) is 0.214. The van der Waals surface area contributed by atoms with Gasteiger partial charge < -0.3 is 4.90 Å². The van der Waals surface area contributed by atoms with Crippen LogP contribution in [-0.2, 0) is 12.8 Å². The summed E-state index contributed by atoms with van der Waals surface area (Å²) in [7, 11) is 0. The molecule has 1 amide bonds. The van der Waals surface area contributed by atoms with E-state index in [4.69, 9.17) is 0 Å². The monoisotopic (exact) mass is 277 g/mol. The predicted molar refractivity (Wildman–Crippen MR) is 83.4 cm³/mol. The zero-order chi connectivity index (χ0) is 14.4. The molecule has 2 heterocycles. The average molecular weight is 277 g/mol. The lowest BCUT2D eigenvalue weighted by atomic mass is 9.90. The van der Waals surface area contributed by atoms with Crippen molar-refractivity contribution in [3.63, 3.8) is 0 Å². The van der Waals surface area contributed by atoms with Gasteiger partial charge in [0.25, 0.3) is 5.91 Å². The van der Waals surface area contributed by atoms with Crippen LogP contribution in [0.3, 0.4) is 0 Å². The van der Waals surface area contributed by atoms with Crippen LogP contribution in [0, 0.1) is 6.92 Å². The van der Waals surface area contributed by atoms with Crippen LogP contribution < -0.4 is 0 Å². The molecule has 2 nitrogen and oxygen atoms in total. The van der Waals surface area contributed by atoms with Gasteiger partial charge in [0.05, 0.1) is 6.04 Å². The number of aryl methyl sites for hydroxylation is 2. The Morgan fingerprint density at radius 1 is 1.05 bits per heavy atom. The third-order valence-corrected chi connectivity index (χ3v) is 4.86. The molecule has 106 valence electrons. The highest BCUT2D eigenvalue weighted by Crippen LogP contribution is 2.37. The number of hydrogen-bond acceptors (Lipinski definition) is 1. The third kappa shape index (κ3) is 1.98. The molecule has 0 aromatic heterocycles. The summed E-state index contributed by atoms with van der Waals surface area (Å²) in [6.07, 6.45) is 2.98. The van der Waals surface area contributed by atoms with Crippen molar-refractivity contribution in [3.05, 3.63) is 70.3 Å². The SMILES string of the molecule is Cc1ccc2c(c1)C(=O)N1CCc3ccccc3C1CC2. The van der Waals surface area contributed by atoms with E-state index < -0.39 is 0 Å². The van der Waals surface area contributed by atoms with Crippen LogP contribution in [0.4, 0.5) is 0 Å². The van der Waals surface area contributed by atoms with Gasteiger partial charge in [-0.15, -0.1) is 0 Å². The number of benzene rings is 2. The van der Waals surface area contributed by atoms with E-state index in [2.05, 4.69) is 54.3 Å². The number of carbonyl (C=O) groups excluding carboxylic acids is 1. The van der Waals surface area contributed by atoms with E-state index >= 15 is 0 Å². The zero-order valence-corrected chi connectivity index (χ0v) is 12.3. The molecular formula is C19H19NO. The summed E-state index contributed by atoms with van der Waals surface area (Å²) in [6.45, 7) is 2.90. The molecular weight excluding hydrogens is 258 g/mol. The molecule has 0 bridgehead atoms. The Bertz CT molecular complexity index is 719. The van der Waals surface area contributed by atoms with Crippen LogP contribution >= 0.6 is 0 Å². The quantitative estimate of drug-likeness (QED) is 0.719. The van der Waals surface area contributed by atoms with Crippen LogP contribution in [0.2, 0.25) is 0 Å². The van der Waals surface area contributed by atoms with Crippen molar-refractivity contribution in [2.45, 2.75) is 32.2 Å². The molecule has 2 aliphatic heterocycles. The van der Waals surface area contributed by atoms with Crippen molar-refractivity contribution < 1.29 is 4.79 Å². The molecule has 0 spiro atoms. The molecule has 2 aromatic rings. The van der Waals surface area contributed by atoms with Gasteiger partial charge in [0.15, 0.2) is 0 Å². The van der Waals surface area contributed by atoms with Crippen molar-refractivity contribution in [1.82, 2.24) is 4.90 Å². The zero-order valence-electron chi connectivity index (χ0n) is 12.3. The van der Waals surface area contributed by atoms with Crippen LogP contribution in [0.15, 0.2) is 42.5 Å². The maximum Gasteiger partial charge on any atom is 0.254 e.